The molecule has 5 aliphatic carbocycles. The van der Waals surface area contributed by atoms with Gasteiger partial charge in [-0.2, -0.15) is 0 Å². The lowest BCUT2D eigenvalue weighted by Gasteiger charge is -2.46. The molecule has 8 unspecified atom stereocenters. The van der Waals surface area contributed by atoms with Gasteiger partial charge in [-0.15, -0.1) is 0 Å². The van der Waals surface area contributed by atoms with Crippen LogP contribution in [-0.4, -0.2) is 11.6 Å². The number of hydrogen-bond acceptors (Lipinski definition) is 2. The minimum absolute atomic E-state index is 0.0961. The molecule has 2 nitrogen and oxygen atoms in total. The molecule has 0 spiro atoms. The van der Waals surface area contributed by atoms with Crippen LogP contribution in [0.4, 0.5) is 0 Å². The monoisotopic (exact) mass is 372 g/mol. The summed E-state index contributed by atoms with van der Waals surface area (Å²) >= 11 is 0. The fraction of sp³-hybridized carbons (Fsp3) is 0.960. The molecule has 5 rings (SSSR count). The average Bonchev–Trinajstić information content (AvgIpc) is 3.11. The topological polar surface area (TPSA) is 26.3 Å². The summed E-state index contributed by atoms with van der Waals surface area (Å²) in [6, 6.07) is 0. The summed E-state index contributed by atoms with van der Waals surface area (Å²) in [5, 5.41) is 0. The number of carbonyl (C=O) groups excluding carboxylic acids is 1. The van der Waals surface area contributed by atoms with E-state index in [9.17, 15) is 4.79 Å². The van der Waals surface area contributed by atoms with E-state index in [-0.39, 0.29) is 27.8 Å². The van der Waals surface area contributed by atoms with Crippen molar-refractivity contribution in [3.05, 3.63) is 0 Å². The van der Waals surface area contributed by atoms with E-state index in [2.05, 4.69) is 41.5 Å². The van der Waals surface area contributed by atoms with Gasteiger partial charge < -0.3 is 4.74 Å². The predicted molar refractivity (Wildman–Crippen MR) is 108 cm³/mol. The zero-order valence-corrected chi connectivity index (χ0v) is 18.4. The summed E-state index contributed by atoms with van der Waals surface area (Å²) in [6.07, 6.45) is 9.90. The van der Waals surface area contributed by atoms with Gasteiger partial charge in [0.15, 0.2) is 0 Å². The summed E-state index contributed by atoms with van der Waals surface area (Å²) in [4.78, 5) is 13.6. The highest BCUT2D eigenvalue weighted by Crippen LogP contribution is 2.73. The van der Waals surface area contributed by atoms with E-state index in [0.717, 1.165) is 55.3 Å². The Hall–Kier alpha value is -0.530. The Morgan fingerprint density at radius 2 is 1.67 bits per heavy atom. The molecule has 0 aromatic rings. The van der Waals surface area contributed by atoms with Gasteiger partial charge in [0, 0.05) is 5.92 Å². The molecule has 5 saturated carbocycles. The molecule has 27 heavy (non-hydrogen) atoms. The van der Waals surface area contributed by atoms with Crippen LogP contribution >= 0.6 is 0 Å². The van der Waals surface area contributed by atoms with Crippen LogP contribution in [0, 0.1) is 51.8 Å². The van der Waals surface area contributed by atoms with Crippen molar-refractivity contribution in [2.45, 2.75) is 98.5 Å². The lowest BCUT2D eigenvalue weighted by Crippen LogP contribution is -2.49. The molecule has 2 heteroatoms. The van der Waals surface area contributed by atoms with Crippen molar-refractivity contribution < 1.29 is 9.53 Å². The van der Waals surface area contributed by atoms with E-state index in [1.54, 1.807) is 0 Å². The van der Waals surface area contributed by atoms with Crippen LogP contribution in [0.1, 0.15) is 92.9 Å². The highest BCUT2D eigenvalue weighted by Gasteiger charge is 2.71. The van der Waals surface area contributed by atoms with Crippen LogP contribution in [0.25, 0.3) is 0 Å². The van der Waals surface area contributed by atoms with E-state index >= 15 is 0 Å². The lowest BCUT2D eigenvalue weighted by molar-refractivity contribution is -0.182. The summed E-state index contributed by atoms with van der Waals surface area (Å²) in [5.74, 6) is 5.46. The summed E-state index contributed by atoms with van der Waals surface area (Å²) in [5.41, 5.74) is -0.129. The van der Waals surface area contributed by atoms with Gasteiger partial charge in [0.2, 0.25) is 0 Å². The molecule has 0 heterocycles. The molecule has 0 amide bonds. The maximum atomic E-state index is 13.6. The Morgan fingerprint density at radius 3 is 2.22 bits per heavy atom. The fourth-order valence-corrected chi connectivity index (χ4v) is 8.91. The van der Waals surface area contributed by atoms with E-state index in [1.165, 1.54) is 25.7 Å². The molecular weight excluding hydrogens is 332 g/mol. The molecule has 152 valence electrons. The first-order valence-electron chi connectivity index (χ1n) is 11.8. The minimum Gasteiger partial charge on any atom is -0.458 e. The largest absolute Gasteiger partial charge is 0.458 e. The second kappa shape index (κ2) is 5.33. The standard InChI is InChI=1S/C25H40O2/c1-7-25(27-21(26)24(13-22(2,3)4)14-23(24,5)6)12-17-11-18(25)20-16-9-8-15(10-16)19(17)20/h15-20H,7-14H2,1-6H3. The maximum absolute atomic E-state index is 13.6. The second-order valence-electron chi connectivity index (χ2n) is 13.0. The minimum atomic E-state index is -0.247. The zero-order chi connectivity index (χ0) is 19.4. The summed E-state index contributed by atoms with van der Waals surface area (Å²) in [7, 11) is 0. The van der Waals surface area contributed by atoms with E-state index in [4.69, 9.17) is 4.74 Å². The van der Waals surface area contributed by atoms with Crippen LogP contribution in [-0.2, 0) is 9.53 Å². The molecule has 0 aromatic heterocycles. The highest BCUT2D eigenvalue weighted by atomic mass is 16.6. The summed E-state index contributed by atoms with van der Waals surface area (Å²) in [6.45, 7) is 13.6. The van der Waals surface area contributed by atoms with Gasteiger partial charge in [0.25, 0.3) is 0 Å². The smallest absolute Gasteiger partial charge is 0.313 e. The Morgan fingerprint density at radius 1 is 1.04 bits per heavy atom. The van der Waals surface area contributed by atoms with Crippen molar-refractivity contribution in [2.75, 3.05) is 0 Å². The second-order valence-corrected chi connectivity index (χ2v) is 13.0. The van der Waals surface area contributed by atoms with Gasteiger partial charge in [-0.3, -0.25) is 4.79 Å². The molecule has 5 fully saturated rings. The highest BCUT2D eigenvalue weighted by molar-refractivity contribution is 5.82. The number of ether oxygens (including phenoxy) is 1. The Labute approximate surface area is 166 Å². The average molecular weight is 373 g/mol. The van der Waals surface area contributed by atoms with Crippen molar-refractivity contribution in [2.24, 2.45) is 51.8 Å². The molecule has 4 bridgehead atoms. The quantitative estimate of drug-likeness (QED) is 0.432. The van der Waals surface area contributed by atoms with E-state index in [1.807, 2.05) is 0 Å². The van der Waals surface area contributed by atoms with Gasteiger partial charge in [0.1, 0.15) is 5.60 Å². The number of rotatable bonds is 4. The van der Waals surface area contributed by atoms with Crippen LogP contribution in [0.15, 0.2) is 0 Å². The van der Waals surface area contributed by atoms with Gasteiger partial charge in [-0.1, -0.05) is 41.5 Å². The zero-order valence-electron chi connectivity index (χ0n) is 18.4. The third-order valence-corrected chi connectivity index (χ3v) is 9.93. The van der Waals surface area contributed by atoms with Crippen LogP contribution in [0.5, 0.6) is 0 Å². The molecule has 0 N–H and O–H groups in total. The van der Waals surface area contributed by atoms with Gasteiger partial charge >= 0.3 is 5.97 Å². The Kier molecular flexibility index (Phi) is 3.65. The van der Waals surface area contributed by atoms with Gasteiger partial charge in [-0.05, 0) is 91.8 Å². The molecular formula is C25H40O2. The van der Waals surface area contributed by atoms with Crippen molar-refractivity contribution in [1.29, 1.82) is 0 Å². The van der Waals surface area contributed by atoms with Crippen molar-refractivity contribution in [3.63, 3.8) is 0 Å². The molecule has 0 saturated heterocycles. The number of fused-ring (bicyclic) bond motifs is 9. The molecule has 8 atom stereocenters. The van der Waals surface area contributed by atoms with Crippen molar-refractivity contribution in [1.82, 2.24) is 0 Å². The van der Waals surface area contributed by atoms with Crippen LogP contribution in [0.2, 0.25) is 0 Å². The molecule has 0 radical (unpaired) electrons. The first kappa shape index (κ1) is 18.5. The first-order chi connectivity index (χ1) is 12.5. The van der Waals surface area contributed by atoms with E-state index in [0.29, 0.717) is 5.92 Å². The third kappa shape index (κ3) is 2.40. The number of esters is 1. The first-order valence-corrected chi connectivity index (χ1v) is 11.8. The van der Waals surface area contributed by atoms with Crippen molar-refractivity contribution >= 4 is 5.97 Å². The predicted octanol–water partition coefficient (Wildman–Crippen LogP) is 6.23. The number of hydrogen-bond donors (Lipinski definition) is 0. The maximum Gasteiger partial charge on any atom is 0.313 e. The van der Waals surface area contributed by atoms with E-state index < -0.39 is 0 Å². The third-order valence-electron chi connectivity index (χ3n) is 9.93. The fourth-order valence-electron chi connectivity index (χ4n) is 8.91. The molecule has 0 aromatic carbocycles. The van der Waals surface area contributed by atoms with Gasteiger partial charge in [0.05, 0.1) is 5.41 Å². The molecule has 0 aliphatic heterocycles. The Balaban J connectivity index is 1.39. The van der Waals surface area contributed by atoms with Crippen LogP contribution < -0.4 is 0 Å². The summed E-state index contributed by atoms with van der Waals surface area (Å²) < 4.78 is 6.67. The lowest BCUT2D eigenvalue weighted by atomic mass is 9.65. The SMILES string of the molecule is CCC1(OC(=O)C2(CC(C)(C)C)CC2(C)C)CC2CC1C1C3CCC(C3)C21. The van der Waals surface area contributed by atoms with Crippen molar-refractivity contribution in [3.8, 4) is 0 Å². The molecule has 5 aliphatic rings. The normalized spacial score (nSPS) is 51.5. The van der Waals surface area contributed by atoms with Gasteiger partial charge in [-0.25, -0.2) is 0 Å². The van der Waals surface area contributed by atoms with Crippen LogP contribution in [0.3, 0.4) is 0 Å². The number of carbonyl (C=O) groups is 1. The Bertz CT molecular complexity index is 658.